The van der Waals surface area contributed by atoms with E-state index in [2.05, 4.69) is 10.0 Å². The summed E-state index contributed by atoms with van der Waals surface area (Å²) < 4.78 is 79.2. The van der Waals surface area contributed by atoms with Gasteiger partial charge >= 0.3 is 6.18 Å². The standard InChI is InChI=1S/C19H18F4N4O3S/c20-13-2-4-14(5-3-13)26-7-9-27(10-8-26)18(28)17-24-15-11-12(19(21,22)23)1-6-16(15)31(29,30)25-17/h1-6,11,17,24-25H,7-10H2/t17-/m0/s1. The Bertz CT molecular complexity index is 1100. The predicted molar refractivity (Wildman–Crippen MR) is 104 cm³/mol. The second-order valence-electron chi connectivity index (χ2n) is 7.20. The molecule has 0 spiro atoms. The number of rotatable bonds is 2. The number of anilines is 2. The number of piperazine rings is 1. The molecule has 0 aromatic heterocycles. The van der Waals surface area contributed by atoms with Crippen LogP contribution in [0.4, 0.5) is 28.9 Å². The summed E-state index contributed by atoms with van der Waals surface area (Å²) in [4.78, 5) is 15.9. The van der Waals surface area contributed by atoms with Crippen LogP contribution >= 0.6 is 0 Å². The molecule has 12 heteroatoms. The fourth-order valence-corrected chi connectivity index (χ4v) is 4.84. The number of benzene rings is 2. The highest BCUT2D eigenvalue weighted by Gasteiger charge is 2.38. The zero-order valence-electron chi connectivity index (χ0n) is 16.0. The first-order valence-corrected chi connectivity index (χ1v) is 10.8. The molecule has 1 saturated heterocycles. The monoisotopic (exact) mass is 458 g/mol. The Labute approximate surface area is 175 Å². The fraction of sp³-hybridized carbons (Fsp3) is 0.316. The summed E-state index contributed by atoms with van der Waals surface area (Å²) in [5, 5.41) is 2.57. The Hall–Kier alpha value is -2.86. The van der Waals surface area contributed by atoms with Gasteiger partial charge in [-0.2, -0.15) is 17.9 Å². The van der Waals surface area contributed by atoms with Crippen molar-refractivity contribution in [1.29, 1.82) is 0 Å². The van der Waals surface area contributed by atoms with Gasteiger partial charge in [-0.1, -0.05) is 0 Å². The van der Waals surface area contributed by atoms with Crippen molar-refractivity contribution in [2.45, 2.75) is 17.2 Å². The molecule has 7 nitrogen and oxygen atoms in total. The van der Waals surface area contributed by atoms with Crippen molar-refractivity contribution >= 4 is 27.3 Å². The van der Waals surface area contributed by atoms with Crippen molar-refractivity contribution < 1.29 is 30.8 Å². The van der Waals surface area contributed by atoms with Gasteiger partial charge in [-0.05, 0) is 42.5 Å². The Morgan fingerprint density at radius 2 is 1.65 bits per heavy atom. The Balaban J connectivity index is 1.48. The molecule has 4 rings (SSSR count). The summed E-state index contributed by atoms with van der Waals surface area (Å²) in [6.45, 7) is 1.41. The molecular formula is C19H18F4N4O3S. The lowest BCUT2D eigenvalue weighted by Crippen LogP contribution is -2.58. The van der Waals surface area contributed by atoms with E-state index in [0.29, 0.717) is 25.2 Å². The number of sulfonamides is 1. The molecule has 2 aliphatic rings. The Kier molecular flexibility index (Phi) is 5.30. The summed E-state index contributed by atoms with van der Waals surface area (Å²) >= 11 is 0. The summed E-state index contributed by atoms with van der Waals surface area (Å²) in [5.41, 5.74) is -0.509. The summed E-state index contributed by atoms with van der Waals surface area (Å²) in [7, 11) is -4.17. The highest BCUT2D eigenvalue weighted by Crippen LogP contribution is 2.35. The number of carbonyl (C=O) groups is 1. The van der Waals surface area contributed by atoms with Crippen LogP contribution in [0.25, 0.3) is 0 Å². The molecule has 2 N–H and O–H groups in total. The highest BCUT2D eigenvalue weighted by molar-refractivity contribution is 7.89. The number of hydrogen-bond acceptors (Lipinski definition) is 5. The lowest BCUT2D eigenvalue weighted by molar-refractivity contribution is -0.137. The summed E-state index contributed by atoms with van der Waals surface area (Å²) in [5.74, 6) is -0.951. The SMILES string of the molecule is O=C([C@H]1Nc2cc(C(F)(F)F)ccc2S(=O)(=O)N1)N1CCN(c2ccc(F)cc2)CC1. The van der Waals surface area contributed by atoms with Crippen LogP contribution in [0.3, 0.4) is 0 Å². The van der Waals surface area contributed by atoms with E-state index in [0.717, 1.165) is 11.8 Å². The number of carbonyl (C=O) groups excluding carboxylic acids is 1. The third kappa shape index (κ3) is 4.30. The molecule has 1 atom stereocenters. The van der Waals surface area contributed by atoms with E-state index in [1.54, 1.807) is 12.1 Å². The normalized spacial score (nSPS) is 20.7. The summed E-state index contributed by atoms with van der Waals surface area (Å²) in [6, 6.07) is 8.13. The maximum atomic E-state index is 13.1. The predicted octanol–water partition coefficient (Wildman–Crippen LogP) is 2.22. The van der Waals surface area contributed by atoms with Gasteiger partial charge in [0.15, 0.2) is 6.17 Å². The Morgan fingerprint density at radius 3 is 2.26 bits per heavy atom. The average molecular weight is 458 g/mol. The van der Waals surface area contributed by atoms with Crippen LogP contribution in [-0.2, 0) is 21.0 Å². The average Bonchev–Trinajstić information content (AvgIpc) is 2.72. The number of nitrogens with zero attached hydrogens (tertiary/aromatic N) is 2. The van der Waals surface area contributed by atoms with Crippen LogP contribution in [0.2, 0.25) is 0 Å². The molecule has 31 heavy (non-hydrogen) atoms. The first-order valence-electron chi connectivity index (χ1n) is 9.34. The van der Waals surface area contributed by atoms with E-state index >= 15 is 0 Å². The molecule has 2 aliphatic heterocycles. The minimum atomic E-state index is -4.65. The van der Waals surface area contributed by atoms with E-state index in [9.17, 15) is 30.8 Å². The van der Waals surface area contributed by atoms with E-state index in [1.807, 2.05) is 4.90 Å². The van der Waals surface area contributed by atoms with Crippen LogP contribution < -0.4 is 14.9 Å². The highest BCUT2D eigenvalue weighted by atomic mass is 32.2. The first-order chi connectivity index (χ1) is 14.5. The second kappa shape index (κ2) is 7.68. The van der Waals surface area contributed by atoms with Gasteiger partial charge in [0.05, 0.1) is 11.3 Å². The zero-order chi connectivity index (χ0) is 22.4. The lowest BCUT2D eigenvalue weighted by Gasteiger charge is -2.38. The number of halogens is 4. The molecule has 2 aromatic rings. The van der Waals surface area contributed by atoms with Crippen molar-refractivity contribution in [2.24, 2.45) is 0 Å². The summed E-state index contributed by atoms with van der Waals surface area (Å²) in [6.07, 6.45) is -6.07. The molecule has 2 heterocycles. The van der Waals surface area contributed by atoms with Gasteiger partial charge in [-0.15, -0.1) is 0 Å². The molecule has 0 aliphatic carbocycles. The maximum Gasteiger partial charge on any atom is 0.416 e. The van der Waals surface area contributed by atoms with Gasteiger partial charge in [0.25, 0.3) is 5.91 Å². The molecule has 166 valence electrons. The van der Waals surface area contributed by atoms with E-state index in [4.69, 9.17) is 0 Å². The van der Waals surface area contributed by atoms with Crippen molar-refractivity contribution in [2.75, 3.05) is 36.4 Å². The third-order valence-electron chi connectivity index (χ3n) is 5.20. The quantitative estimate of drug-likeness (QED) is 0.675. The van der Waals surface area contributed by atoms with E-state index < -0.39 is 33.8 Å². The van der Waals surface area contributed by atoms with Crippen molar-refractivity contribution in [3.8, 4) is 0 Å². The van der Waals surface area contributed by atoms with Gasteiger partial charge in [-0.25, -0.2) is 12.8 Å². The van der Waals surface area contributed by atoms with Crippen molar-refractivity contribution in [1.82, 2.24) is 9.62 Å². The van der Waals surface area contributed by atoms with Gasteiger partial charge in [0, 0.05) is 31.9 Å². The minimum absolute atomic E-state index is 0.269. The van der Waals surface area contributed by atoms with Crippen LogP contribution in [0.5, 0.6) is 0 Å². The number of hydrogen-bond donors (Lipinski definition) is 2. The van der Waals surface area contributed by atoms with Gasteiger partial charge in [-0.3, -0.25) is 4.79 Å². The van der Waals surface area contributed by atoms with Gasteiger partial charge in [0.2, 0.25) is 10.0 Å². The molecule has 1 amide bonds. The Morgan fingerprint density at radius 1 is 1.00 bits per heavy atom. The number of nitrogens with one attached hydrogen (secondary N) is 2. The maximum absolute atomic E-state index is 13.1. The first kappa shape index (κ1) is 21.4. The fourth-order valence-electron chi connectivity index (χ4n) is 3.59. The van der Waals surface area contributed by atoms with Crippen LogP contribution in [-0.4, -0.2) is 51.6 Å². The molecular weight excluding hydrogens is 440 g/mol. The molecule has 0 saturated carbocycles. The molecule has 0 unspecified atom stereocenters. The van der Waals surface area contributed by atoms with Crippen molar-refractivity contribution in [3.63, 3.8) is 0 Å². The minimum Gasteiger partial charge on any atom is -0.368 e. The molecule has 1 fully saturated rings. The third-order valence-corrected chi connectivity index (χ3v) is 6.68. The number of amides is 1. The van der Waals surface area contributed by atoms with Crippen molar-refractivity contribution in [3.05, 3.63) is 53.8 Å². The molecule has 0 radical (unpaired) electrons. The zero-order valence-corrected chi connectivity index (χ0v) is 16.8. The number of fused-ring (bicyclic) bond motifs is 1. The van der Waals surface area contributed by atoms with Crippen LogP contribution in [0.15, 0.2) is 47.4 Å². The second-order valence-corrected chi connectivity index (χ2v) is 8.88. The lowest BCUT2D eigenvalue weighted by atomic mass is 10.2. The van der Waals surface area contributed by atoms with Gasteiger partial charge < -0.3 is 15.1 Å². The smallest absolute Gasteiger partial charge is 0.368 e. The van der Waals surface area contributed by atoms with Gasteiger partial charge in [0.1, 0.15) is 10.7 Å². The van der Waals surface area contributed by atoms with E-state index in [1.165, 1.54) is 17.0 Å². The van der Waals surface area contributed by atoms with Crippen LogP contribution in [0, 0.1) is 5.82 Å². The number of alkyl halides is 3. The molecule has 2 aromatic carbocycles. The van der Waals surface area contributed by atoms with E-state index in [-0.39, 0.29) is 29.5 Å². The van der Waals surface area contributed by atoms with Crippen LogP contribution in [0.1, 0.15) is 5.56 Å². The molecule has 0 bridgehead atoms. The topological polar surface area (TPSA) is 81.7 Å². The largest absolute Gasteiger partial charge is 0.416 e.